The predicted molar refractivity (Wildman–Crippen MR) is 133 cm³/mol. The Kier molecular flexibility index (Phi) is 17.2. The highest BCUT2D eigenvalue weighted by atomic mass is 32.1. The van der Waals surface area contributed by atoms with Gasteiger partial charge in [0.05, 0.1) is 0 Å². The molecule has 0 aromatic heterocycles. The van der Waals surface area contributed by atoms with E-state index in [1.807, 2.05) is 30.3 Å². The first-order chi connectivity index (χ1) is 14.2. The molecule has 0 aliphatic rings. The second-order valence-electron chi connectivity index (χ2n) is 8.73. The van der Waals surface area contributed by atoms with Gasteiger partial charge in [0, 0.05) is 5.92 Å². The SMILES string of the molecule is CCCCCCCCCCCCCCCCCCC(C)C(=S)Oc1ccccc1. The fraction of sp³-hybridized carbons (Fsp3) is 0.741. The Bertz CT molecular complexity index is 485. The molecule has 1 nitrogen and oxygen atoms in total. The molecule has 1 rings (SSSR count). The van der Waals surface area contributed by atoms with E-state index in [4.69, 9.17) is 17.0 Å². The molecule has 0 saturated carbocycles. The van der Waals surface area contributed by atoms with Crippen LogP contribution in [0.1, 0.15) is 123 Å². The van der Waals surface area contributed by atoms with Crippen molar-refractivity contribution in [1.29, 1.82) is 0 Å². The normalized spacial score (nSPS) is 12.1. The molecule has 1 aromatic carbocycles. The Morgan fingerprint density at radius 2 is 1.10 bits per heavy atom. The Balaban J connectivity index is 1.82. The summed E-state index contributed by atoms with van der Waals surface area (Å²) in [6, 6.07) is 9.90. The highest BCUT2D eigenvalue weighted by molar-refractivity contribution is 7.80. The van der Waals surface area contributed by atoms with E-state index in [2.05, 4.69) is 13.8 Å². The van der Waals surface area contributed by atoms with Crippen LogP contribution < -0.4 is 4.74 Å². The lowest BCUT2D eigenvalue weighted by molar-refractivity contribution is 0.478. The molecular weight excluding hydrogens is 372 g/mol. The molecule has 166 valence electrons. The summed E-state index contributed by atoms with van der Waals surface area (Å²) >= 11 is 5.45. The minimum absolute atomic E-state index is 0.358. The maximum Gasteiger partial charge on any atom is 0.170 e. The molecule has 0 spiro atoms. The topological polar surface area (TPSA) is 9.23 Å². The van der Waals surface area contributed by atoms with Gasteiger partial charge >= 0.3 is 0 Å². The molecule has 0 amide bonds. The summed E-state index contributed by atoms with van der Waals surface area (Å²) in [5, 5.41) is 0.733. The standard InChI is InChI=1S/C27H46OS/c1-3-4-5-6-7-8-9-10-11-12-13-14-15-16-17-19-22-25(2)27(29)28-26-23-20-18-21-24-26/h18,20-21,23-25H,3-17,19,22H2,1-2H3. The van der Waals surface area contributed by atoms with Gasteiger partial charge in [-0.2, -0.15) is 0 Å². The summed E-state index contributed by atoms with van der Waals surface area (Å²) in [4.78, 5) is 0. The third-order valence-electron chi connectivity index (χ3n) is 5.85. The highest BCUT2D eigenvalue weighted by Gasteiger charge is 2.10. The average Bonchev–Trinajstić information content (AvgIpc) is 2.74. The van der Waals surface area contributed by atoms with Gasteiger partial charge in [-0.05, 0) is 30.8 Å². The maximum atomic E-state index is 5.79. The summed E-state index contributed by atoms with van der Waals surface area (Å²) in [5.41, 5.74) is 0. The second-order valence-corrected chi connectivity index (χ2v) is 9.13. The van der Waals surface area contributed by atoms with Crippen molar-refractivity contribution in [3.05, 3.63) is 30.3 Å². The fourth-order valence-electron chi connectivity index (χ4n) is 3.82. The number of ether oxygens (including phenoxy) is 1. The largest absolute Gasteiger partial charge is 0.450 e. The quantitative estimate of drug-likeness (QED) is 0.163. The maximum absolute atomic E-state index is 5.79. The van der Waals surface area contributed by atoms with Gasteiger partial charge in [-0.1, -0.05) is 135 Å². The first-order valence-electron chi connectivity index (χ1n) is 12.5. The molecule has 1 aromatic rings. The van der Waals surface area contributed by atoms with E-state index in [1.54, 1.807) is 0 Å². The number of para-hydroxylation sites is 1. The van der Waals surface area contributed by atoms with Crippen LogP contribution in [0.2, 0.25) is 0 Å². The number of unbranched alkanes of at least 4 members (excludes halogenated alkanes) is 15. The summed E-state index contributed by atoms with van der Waals surface area (Å²) in [5.74, 6) is 1.22. The Labute approximate surface area is 187 Å². The lowest BCUT2D eigenvalue weighted by Gasteiger charge is -2.14. The zero-order valence-electron chi connectivity index (χ0n) is 19.3. The van der Waals surface area contributed by atoms with Crippen LogP contribution in [0.5, 0.6) is 5.75 Å². The summed E-state index contributed by atoms with van der Waals surface area (Å²) in [6.45, 7) is 4.48. The minimum atomic E-state index is 0.358. The van der Waals surface area contributed by atoms with Gasteiger partial charge in [0.25, 0.3) is 0 Å². The van der Waals surface area contributed by atoms with Crippen LogP contribution in [0.3, 0.4) is 0 Å². The van der Waals surface area contributed by atoms with Crippen LogP contribution in [-0.2, 0) is 0 Å². The third kappa shape index (κ3) is 15.6. The van der Waals surface area contributed by atoms with Crippen molar-refractivity contribution in [3.63, 3.8) is 0 Å². The first-order valence-corrected chi connectivity index (χ1v) is 12.9. The lowest BCUT2D eigenvalue weighted by Crippen LogP contribution is -2.15. The van der Waals surface area contributed by atoms with Crippen molar-refractivity contribution < 1.29 is 4.74 Å². The van der Waals surface area contributed by atoms with Crippen molar-refractivity contribution in [2.24, 2.45) is 5.92 Å². The molecule has 0 fully saturated rings. The molecule has 1 unspecified atom stereocenters. The zero-order valence-corrected chi connectivity index (χ0v) is 20.1. The van der Waals surface area contributed by atoms with E-state index in [-0.39, 0.29) is 0 Å². The van der Waals surface area contributed by atoms with Crippen LogP contribution in [-0.4, -0.2) is 5.05 Å². The highest BCUT2D eigenvalue weighted by Crippen LogP contribution is 2.18. The third-order valence-corrected chi connectivity index (χ3v) is 6.34. The fourth-order valence-corrected chi connectivity index (χ4v) is 4.04. The lowest BCUT2D eigenvalue weighted by atomic mass is 10.0. The van der Waals surface area contributed by atoms with Crippen LogP contribution in [0, 0.1) is 5.92 Å². The molecule has 0 heterocycles. The Morgan fingerprint density at radius 1 is 0.690 bits per heavy atom. The van der Waals surface area contributed by atoms with Crippen molar-refractivity contribution in [3.8, 4) is 5.75 Å². The van der Waals surface area contributed by atoms with Crippen LogP contribution in [0.25, 0.3) is 0 Å². The number of rotatable bonds is 19. The molecule has 0 bridgehead atoms. The number of hydrogen-bond donors (Lipinski definition) is 0. The van der Waals surface area contributed by atoms with Crippen LogP contribution in [0.15, 0.2) is 30.3 Å². The van der Waals surface area contributed by atoms with Gasteiger partial charge < -0.3 is 4.74 Å². The smallest absolute Gasteiger partial charge is 0.170 e. The molecule has 2 heteroatoms. The molecular formula is C27H46OS. The van der Waals surface area contributed by atoms with Crippen molar-refractivity contribution in [1.82, 2.24) is 0 Å². The Morgan fingerprint density at radius 3 is 1.55 bits per heavy atom. The molecule has 0 saturated heterocycles. The number of hydrogen-bond acceptors (Lipinski definition) is 2. The van der Waals surface area contributed by atoms with E-state index < -0.39 is 0 Å². The molecule has 0 N–H and O–H groups in total. The summed E-state index contributed by atoms with van der Waals surface area (Å²) in [6.07, 6.45) is 23.8. The van der Waals surface area contributed by atoms with E-state index in [0.717, 1.165) is 17.2 Å². The molecule has 1 atom stereocenters. The number of thiocarbonyl (C=S) groups is 1. The van der Waals surface area contributed by atoms with Gasteiger partial charge in [0.15, 0.2) is 5.05 Å². The molecule has 0 radical (unpaired) electrons. The van der Waals surface area contributed by atoms with Gasteiger partial charge in [-0.3, -0.25) is 0 Å². The van der Waals surface area contributed by atoms with Crippen molar-refractivity contribution in [2.75, 3.05) is 0 Å². The monoisotopic (exact) mass is 418 g/mol. The summed E-state index contributed by atoms with van der Waals surface area (Å²) < 4.78 is 5.79. The second kappa shape index (κ2) is 19.1. The summed E-state index contributed by atoms with van der Waals surface area (Å²) in [7, 11) is 0. The molecule has 29 heavy (non-hydrogen) atoms. The minimum Gasteiger partial charge on any atom is -0.450 e. The van der Waals surface area contributed by atoms with E-state index in [1.165, 1.54) is 103 Å². The average molecular weight is 419 g/mol. The molecule has 0 aliphatic heterocycles. The molecule has 0 aliphatic carbocycles. The van der Waals surface area contributed by atoms with Crippen molar-refractivity contribution in [2.45, 2.75) is 123 Å². The van der Waals surface area contributed by atoms with E-state index in [0.29, 0.717) is 5.92 Å². The van der Waals surface area contributed by atoms with Crippen LogP contribution >= 0.6 is 12.2 Å². The van der Waals surface area contributed by atoms with Gasteiger partial charge in [-0.25, -0.2) is 0 Å². The van der Waals surface area contributed by atoms with E-state index in [9.17, 15) is 0 Å². The first kappa shape index (κ1) is 26.1. The number of benzene rings is 1. The van der Waals surface area contributed by atoms with E-state index >= 15 is 0 Å². The van der Waals surface area contributed by atoms with Gasteiger partial charge in [0.1, 0.15) is 5.75 Å². The van der Waals surface area contributed by atoms with Crippen molar-refractivity contribution >= 4 is 17.3 Å². The van der Waals surface area contributed by atoms with Gasteiger partial charge in [-0.15, -0.1) is 0 Å². The Hall–Kier alpha value is -0.890. The predicted octanol–water partition coefficient (Wildman–Crippen LogP) is 9.68. The zero-order chi connectivity index (χ0) is 21.0. The van der Waals surface area contributed by atoms with Gasteiger partial charge in [0.2, 0.25) is 0 Å². The van der Waals surface area contributed by atoms with Crippen LogP contribution in [0.4, 0.5) is 0 Å².